The van der Waals surface area contributed by atoms with E-state index in [1.54, 1.807) is 11.3 Å². The molecule has 1 fully saturated rings. The zero-order chi connectivity index (χ0) is 15.8. The van der Waals surface area contributed by atoms with E-state index in [4.69, 9.17) is 10.5 Å². The Morgan fingerprint density at radius 2 is 2.35 bits per heavy atom. The Kier molecular flexibility index (Phi) is 3.62. The van der Waals surface area contributed by atoms with Crippen molar-refractivity contribution in [2.24, 2.45) is 0 Å². The molecule has 0 bridgehead atoms. The van der Waals surface area contributed by atoms with Crippen molar-refractivity contribution < 1.29 is 4.74 Å². The average molecular weight is 330 g/mol. The number of nitrogens with two attached hydrogens (primary N) is 1. The molecule has 120 valence electrons. The maximum atomic E-state index is 6.10. The van der Waals surface area contributed by atoms with Gasteiger partial charge in [0.2, 0.25) is 5.95 Å². The number of aromatic nitrogens is 4. The Morgan fingerprint density at radius 1 is 1.43 bits per heavy atom. The van der Waals surface area contributed by atoms with Crippen molar-refractivity contribution in [3.8, 4) is 10.7 Å². The maximum absolute atomic E-state index is 6.10. The van der Waals surface area contributed by atoms with E-state index in [0.29, 0.717) is 29.4 Å². The van der Waals surface area contributed by atoms with Crippen LogP contribution in [-0.2, 0) is 4.74 Å². The predicted octanol–water partition coefficient (Wildman–Crippen LogP) is 2.28. The summed E-state index contributed by atoms with van der Waals surface area (Å²) in [6.45, 7) is 4.46. The number of fused-ring (bicyclic) bond motifs is 1. The number of ether oxygens (including phenoxy) is 1. The number of nitrogen functional groups attached to an aromatic ring is 1. The van der Waals surface area contributed by atoms with E-state index < -0.39 is 0 Å². The average Bonchev–Trinajstić information content (AvgIpc) is 3.24. The molecule has 4 heterocycles. The number of H-pyrrole nitrogens is 1. The summed E-state index contributed by atoms with van der Waals surface area (Å²) in [6, 6.07) is 3.95. The Labute approximate surface area is 137 Å². The molecule has 3 aromatic rings. The number of morpholine rings is 1. The van der Waals surface area contributed by atoms with Gasteiger partial charge in [-0.2, -0.15) is 4.98 Å². The van der Waals surface area contributed by atoms with Crippen LogP contribution in [-0.4, -0.2) is 45.7 Å². The maximum Gasteiger partial charge on any atom is 0.205 e. The number of anilines is 2. The first-order valence-corrected chi connectivity index (χ1v) is 8.56. The van der Waals surface area contributed by atoms with Gasteiger partial charge in [0.1, 0.15) is 5.52 Å². The molecule has 1 unspecified atom stereocenters. The molecule has 1 aliphatic rings. The lowest BCUT2D eigenvalue weighted by atomic mass is 10.2. The number of thiophene rings is 1. The minimum absolute atomic E-state index is 0.238. The SMILES string of the molecule is CCC1CN(c2nc3nc(-c4cccs4)nc(N)c3[nH]2)CCO1. The minimum atomic E-state index is 0.238. The standard InChI is InChI=1S/C15H18N6OS/c1-2-9-8-21(5-6-22-9)15-17-11-12(16)18-13(19-14(11)20-15)10-4-3-7-23-10/h3-4,7,9H,2,5-6,8H2,1H3,(H3,16,17,18,19,20). The summed E-state index contributed by atoms with van der Waals surface area (Å²) in [6.07, 6.45) is 1.23. The molecule has 1 saturated heterocycles. The van der Waals surface area contributed by atoms with Crippen molar-refractivity contribution in [3.63, 3.8) is 0 Å². The Balaban J connectivity index is 1.71. The molecule has 0 radical (unpaired) electrons. The van der Waals surface area contributed by atoms with Gasteiger partial charge in [-0.1, -0.05) is 13.0 Å². The third-order valence-corrected chi connectivity index (χ3v) is 4.87. The number of nitrogens with one attached hydrogen (secondary N) is 1. The summed E-state index contributed by atoms with van der Waals surface area (Å²) in [5, 5.41) is 1.99. The second-order valence-electron chi connectivity index (χ2n) is 5.52. The van der Waals surface area contributed by atoms with E-state index in [1.807, 2.05) is 17.5 Å². The number of hydrogen-bond donors (Lipinski definition) is 2. The molecule has 0 aliphatic carbocycles. The molecule has 1 atom stereocenters. The number of nitrogens with zero attached hydrogens (tertiary/aromatic N) is 4. The molecule has 4 rings (SSSR count). The monoisotopic (exact) mass is 330 g/mol. The van der Waals surface area contributed by atoms with E-state index in [2.05, 4.69) is 31.8 Å². The van der Waals surface area contributed by atoms with Gasteiger partial charge in [-0.3, -0.25) is 0 Å². The number of hydrogen-bond acceptors (Lipinski definition) is 7. The van der Waals surface area contributed by atoms with Crippen LogP contribution in [0.1, 0.15) is 13.3 Å². The second kappa shape index (κ2) is 5.78. The number of imidazole rings is 1. The highest BCUT2D eigenvalue weighted by molar-refractivity contribution is 7.13. The van der Waals surface area contributed by atoms with Crippen LogP contribution in [0.5, 0.6) is 0 Å². The lowest BCUT2D eigenvalue weighted by Gasteiger charge is -2.32. The zero-order valence-electron chi connectivity index (χ0n) is 12.8. The Hall–Kier alpha value is -2.19. The van der Waals surface area contributed by atoms with Crippen molar-refractivity contribution in [2.75, 3.05) is 30.3 Å². The third kappa shape index (κ3) is 2.64. The van der Waals surface area contributed by atoms with Crippen LogP contribution in [0.2, 0.25) is 0 Å². The summed E-state index contributed by atoms with van der Waals surface area (Å²) in [5.74, 6) is 1.83. The summed E-state index contributed by atoms with van der Waals surface area (Å²) < 4.78 is 5.71. The van der Waals surface area contributed by atoms with E-state index >= 15 is 0 Å². The fourth-order valence-corrected chi connectivity index (χ4v) is 3.39. The molecule has 0 aromatic carbocycles. The van der Waals surface area contributed by atoms with Gasteiger partial charge in [0.15, 0.2) is 17.3 Å². The molecule has 0 saturated carbocycles. The van der Waals surface area contributed by atoms with E-state index in [1.165, 1.54) is 0 Å². The van der Waals surface area contributed by atoms with Crippen LogP contribution >= 0.6 is 11.3 Å². The van der Waals surface area contributed by atoms with Gasteiger partial charge in [-0.25, -0.2) is 9.97 Å². The van der Waals surface area contributed by atoms with Crippen LogP contribution in [0, 0.1) is 0 Å². The van der Waals surface area contributed by atoms with Crippen LogP contribution in [0.3, 0.4) is 0 Å². The van der Waals surface area contributed by atoms with Crippen LogP contribution in [0.15, 0.2) is 17.5 Å². The van der Waals surface area contributed by atoms with Crippen molar-refractivity contribution in [2.45, 2.75) is 19.4 Å². The van der Waals surface area contributed by atoms with Crippen molar-refractivity contribution in [1.29, 1.82) is 0 Å². The number of rotatable bonds is 3. The summed E-state index contributed by atoms with van der Waals surface area (Å²) in [5.41, 5.74) is 7.40. The van der Waals surface area contributed by atoms with Gasteiger partial charge in [-0.15, -0.1) is 11.3 Å². The zero-order valence-corrected chi connectivity index (χ0v) is 13.6. The highest BCUT2D eigenvalue weighted by Gasteiger charge is 2.22. The molecule has 0 amide bonds. The first-order chi connectivity index (χ1) is 11.2. The summed E-state index contributed by atoms with van der Waals surface area (Å²) in [7, 11) is 0. The second-order valence-corrected chi connectivity index (χ2v) is 6.46. The molecule has 0 spiro atoms. The van der Waals surface area contributed by atoms with E-state index in [0.717, 1.165) is 30.3 Å². The van der Waals surface area contributed by atoms with Gasteiger partial charge in [0.25, 0.3) is 0 Å². The molecule has 8 heteroatoms. The van der Waals surface area contributed by atoms with Gasteiger partial charge in [0, 0.05) is 13.1 Å². The van der Waals surface area contributed by atoms with E-state index in [-0.39, 0.29) is 6.10 Å². The molecule has 1 aliphatic heterocycles. The van der Waals surface area contributed by atoms with Crippen LogP contribution in [0.25, 0.3) is 21.9 Å². The van der Waals surface area contributed by atoms with Crippen molar-refractivity contribution in [1.82, 2.24) is 19.9 Å². The quantitative estimate of drug-likeness (QED) is 0.765. The highest BCUT2D eigenvalue weighted by Crippen LogP contribution is 2.27. The minimum Gasteiger partial charge on any atom is -0.382 e. The number of aromatic amines is 1. The molecular weight excluding hydrogens is 312 g/mol. The first-order valence-electron chi connectivity index (χ1n) is 7.68. The first kappa shape index (κ1) is 14.4. The molecule has 3 N–H and O–H groups in total. The van der Waals surface area contributed by atoms with Gasteiger partial charge in [-0.05, 0) is 17.9 Å². The fraction of sp³-hybridized carbons (Fsp3) is 0.400. The van der Waals surface area contributed by atoms with Crippen LogP contribution in [0.4, 0.5) is 11.8 Å². The third-order valence-electron chi connectivity index (χ3n) is 4.00. The topological polar surface area (TPSA) is 93.0 Å². The Bertz CT molecular complexity index is 815. The molecule has 7 nitrogen and oxygen atoms in total. The lowest BCUT2D eigenvalue weighted by molar-refractivity contribution is 0.0379. The summed E-state index contributed by atoms with van der Waals surface area (Å²) in [4.78, 5) is 20.0. The lowest BCUT2D eigenvalue weighted by Crippen LogP contribution is -2.42. The highest BCUT2D eigenvalue weighted by atomic mass is 32.1. The molecule has 23 heavy (non-hydrogen) atoms. The predicted molar refractivity (Wildman–Crippen MR) is 91.7 cm³/mol. The Morgan fingerprint density at radius 3 is 3.13 bits per heavy atom. The van der Waals surface area contributed by atoms with Gasteiger partial charge < -0.3 is 20.4 Å². The van der Waals surface area contributed by atoms with Crippen molar-refractivity contribution >= 4 is 34.3 Å². The van der Waals surface area contributed by atoms with Crippen molar-refractivity contribution in [3.05, 3.63) is 17.5 Å². The van der Waals surface area contributed by atoms with Gasteiger partial charge in [0.05, 0.1) is 17.6 Å². The van der Waals surface area contributed by atoms with E-state index in [9.17, 15) is 0 Å². The normalized spacial score (nSPS) is 18.7. The largest absolute Gasteiger partial charge is 0.382 e. The fourth-order valence-electron chi connectivity index (χ4n) is 2.73. The molecule has 3 aromatic heterocycles. The van der Waals surface area contributed by atoms with Gasteiger partial charge >= 0.3 is 0 Å². The summed E-state index contributed by atoms with van der Waals surface area (Å²) >= 11 is 1.59. The molecular formula is C15H18N6OS. The smallest absolute Gasteiger partial charge is 0.205 e. The van der Waals surface area contributed by atoms with Crippen LogP contribution < -0.4 is 10.6 Å².